The van der Waals surface area contributed by atoms with Gasteiger partial charge < -0.3 is 4.74 Å². The van der Waals surface area contributed by atoms with Gasteiger partial charge in [0.25, 0.3) is 0 Å². The quantitative estimate of drug-likeness (QED) is 0.705. The van der Waals surface area contributed by atoms with E-state index in [2.05, 4.69) is 16.0 Å². The highest BCUT2D eigenvalue weighted by atomic mass is 35.5. The zero-order valence-electron chi connectivity index (χ0n) is 15.6. The molecule has 142 valence electrons. The minimum atomic E-state index is -0.121. The van der Waals surface area contributed by atoms with Crippen molar-refractivity contribution >= 4 is 23.1 Å². The number of likely N-dealkylation sites (tertiary alicyclic amines) is 1. The molecule has 3 aliphatic heterocycles. The lowest BCUT2D eigenvalue weighted by Gasteiger charge is -2.27. The number of benzene rings is 2. The number of fused-ring (bicyclic) bond motifs is 2. The van der Waals surface area contributed by atoms with Crippen molar-refractivity contribution in [3.8, 4) is 5.75 Å². The third-order valence-electron chi connectivity index (χ3n) is 5.63. The topological polar surface area (TPSA) is 41.9 Å². The van der Waals surface area contributed by atoms with Gasteiger partial charge in [-0.1, -0.05) is 42.3 Å². The van der Waals surface area contributed by atoms with Crippen LogP contribution in [0.5, 0.6) is 5.75 Å². The van der Waals surface area contributed by atoms with Crippen LogP contribution in [0, 0.1) is 0 Å². The highest BCUT2D eigenvalue weighted by Crippen LogP contribution is 2.38. The number of Topliss-reactive ketones (excluding diaryl/α,β-unsaturated/α-hetero) is 1. The molecule has 2 aromatic carbocycles. The lowest BCUT2D eigenvalue weighted by atomic mass is 10.0. The Hall–Kier alpha value is -2.43. The number of ether oxygens (including phenoxy) is 1. The molecule has 3 heterocycles. The van der Waals surface area contributed by atoms with Crippen LogP contribution in [-0.4, -0.2) is 29.5 Å². The first-order valence-electron chi connectivity index (χ1n) is 9.81. The van der Waals surface area contributed by atoms with Crippen LogP contribution >= 0.6 is 11.6 Å². The number of allylic oxidation sites excluding steroid dienone is 2. The number of halogens is 1. The molecule has 0 unspecified atom stereocenters. The summed E-state index contributed by atoms with van der Waals surface area (Å²) in [6, 6.07) is 11.7. The summed E-state index contributed by atoms with van der Waals surface area (Å²) >= 11 is 6.33. The molecule has 0 spiro atoms. The second kappa shape index (κ2) is 7.19. The van der Waals surface area contributed by atoms with E-state index in [1.165, 1.54) is 24.8 Å². The number of carbonyl (C=O) groups excluding carboxylic acids is 1. The Morgan fingerprint density at radius 2 is 1.93 bits per heavy atom. The van der Waals surface area contributed by atoms with Crippen LogP contribution in [0.2, 0.25) is 5.02 Å². The van der Waals surface area contributed by atoms with Crippen LogP contribution in [-0.2, 0) is 13.1 Å². The Morgan fingerprint density at radius 3 is 2.79 bits per heavy atom. The molecule has 0 N–H and O–H groups in total. The van der Waals surface area contributed by atoms with Gasteiger partial charge in [-0.25, -0.2) is 0 Å². The van der Waals surface area contributed by atoms with Crippen molar-refractivity contribution in [2.24, 2.45) is 4.99 Å². The van der Waals surface area contributed by atoms with Crippen molar-refractivity contribution < 1.29 is 9.53 Å². The molecule has 0 bridgehead atoms. The summed E-state index contributed by atoms with van der Waals surface area (Å²) in [5.74, 6) is 0.857. The average Bonchev–Trinajstić information content (AvgIpc) is 3.25. The summed E-state index contributed by atoms with van der Waals surface area (Å²) in [4.78, 5) is 19.9. The molecule has 2 aromatic rings. The fourth-order valence-corrected chi connectivity index (χ4v) is 4.45. The smallest absolute Gasteiger partial charge is 0.232 e. The van der Waals surface area contributed by atoms with Gasteiger partial charge in [0.05, 0.1) is 17.8 Å². The largest absolute Gasteiger partial charge is 0.452 e. The van der Waals surface area contributed by atoms with E-state index in [4.69, 9.17) is 16.3 Å². The number of nitrogens with zero attached hydrogens (tertiary/aromatic N) is 2. The molecule has 3 aliphatic rings. The SMILES string of the molecule is O=C1/C(=C/C2=NCc3ccccc32)Oc2c(CN3CCCCC3)cc(Cl)cc21. The van der Waals surface area contributed by atoms with Gasteiger partial charge in [-0.15, -0.1) is 0 Å². The third kappa shape index (κ3) is 3.17. The number of piperidine rings is 1. The average molecular weight is 393 g/mol. The highest BCUT2D eigenvalue weighted by molar-refractivity contribution is 6.31. The number of hydrogen-bond acceptors (Lipinski definition) is 4. The van der Waals surface area contributed by atoms with Crippen LogP contribution in [0.4, 0.5) is 0 Å². The summed E-state index contributed by atoms with van der Waals surface area (Å²) in [6.07, 6.45) is 5.49. The third-order valence-corrected chi connectivity index (χ3v) is 5.85. The van der Waals surface area contributed by atoms with E-state index in [-0.39, 0.29) is 5.78 Å². The van der Waals surface area contributed by atoms with Crippen LogP contribution in [0.1, 0.15) is 46.3 Å². The van der Waals surface area contributed by atoms with Crippen molar-refractivity contribution in [1.82, 2.24) is 4.90 Å². The Labute approximate surface area is 169 Å². The molecular formula is C23H21ClN2O2. The maximum Gasteiger partial charge on any atom is 0.232 e. The molecule has 4 nitrogen and oxygen atoms in total. The molecule has 0 aromatic heterocycles. The molecule has 1 fully saturated rings. The first-order valence-corrected chi connectivity index (χ1v) is 10.2. The van der Waals surface area contributed by atoms with E-state index in [0.717, 1.165) is 36.5 Å². The van der Waals surface area contributed by atoms with Gasteiger partial charge in [0.1, 0.15) is 5.75 Å². The van der Waals surface area contributed by atoms with E-state index >= 15 is 0 Å². The van der Waals surface area contributed by atoms with Crippen molar-refractivity contribution in [2.75, 3.05) is 13.1 Å². The first kappa shape index (κ1) is 17.7. The molecule has 28 heavy (non-hydrogen) atoms. The first-order chi connectivity index (χ1) is 13.7. The fourth-order valence-electron chi connectivity index (χ4n) is 4.21. The zero-order valence-corrected chi connectivity index (χ0v) is 16.3. The fraction of sp³-hybridized carbons (Fsp3) is 0.304. The minimum Gasteiger partial charge on any atom is -0.452 e. The summed E-state index contributed by atoms with van der Waals surface area (Å²) in [6.45, 7) is 3.55. The highest BCUT2D eigenvalue weighted by Gasteiger charge is 2.32. The number of aliphatic imine (C=N–C) groups is 1. The molecule has 0 aliphatic carbocycles. The lowest BCUT2D eigenvalue weighted by Crippen LogP contribution is -2.29. The summed E-state index contributed by atoms with van der Waals surface area (Å²) in [5, 5.41) is 0.576. The van der Waals surface area contributed by atoms with Gasteiger partial charge in [0.2, 0.25) is 5.78 Å². The minimum absolute atomic E-state index is 0.121. The van der Waals surface area contributed by atoms with Gasteiger partial charge in [0.15, 0.2) is 5.76 Å². The van der Waals surface area contributed by atoms with Gasteiger partial charge in [-0.3, -0.25) is 14.7 Å². The van der Waals surface area contributed by atoms with Crippen molar-refractivity contribution in [2.45, 2.75) is 32.4 Å². The maximum absolute atomic E-state index is 13.0. The molecule has 1 saturated heterocycles. The van der Waals surface area contributed by atoms with E-state index < -0.39 is 0 Å². The predicted octanol–water partition coefficient (Wildman–Crippen LogP) is 4.79. The van der Waals surface area contributed by atoms with Gasteiger partial charge in [0, 0.05) is 28.8 Å². The molecule has 0 atom stereocenters. The van der Waals surface area contributed by atoms with Gasteiger partial charge in [-0.05, 0) is 43.6 Å². The monoisotopic (exact) mass is 392 g/mol. The Kier molecular flexibility index (Phi) is 4.53. The summed E-state index contributed by atoms with van der Waals surface area (Å²) < 4.78 is 6.07. The van der Waals surface area contributed by atoms with Crippen LogP contribution in [0.25, 0.3) is 0 Å². The molecular weight excluding hydrogens is 372 g/mol. The molecule has 0 saturated carbocycles. The number of rotatable bonds is 3. The van der Waals surface area contributed by atoms with Crippen molar-refractivity contribution in [1.29, 1.82) is 0 Å². The number of ketones is 1. The summed E-state index contributed by atoms with van der Waals surface area (Å²) in [5.41, 5.74) is 4.57. The Bertz CT molecular complexity index is 1020. The Balaban J connectivity index is 1.46. The molecule has 0 radical (unpaired) electrons. The molecule has 0 amide bonds. The van der Waals surface area contributed by atoms with Crippen molar-refractivity contribution in [3.63, 3.8) is 0 Å². The number of hydrogen-bond donors (Lipinski definition) is 0. The summed E-state index contributed by atoms with van der Waals surface area (Å²) in [7, 11) is 0. The van der Waals surface area contributed by atoms with Crippen molar-refractivity contribution in [3.05, 3.63) is 75.5 Å². The Morgan fingerprint density at radius 1 is 1.11 bits per heavy atom. The number of carbonyl (C=O) groups is 1. The standard InChI is InChI=1S/C23H21ClN2O2/c24-17-10-16(14-26-8-4-1-5-9-26)23-19(11-17)22(27)21(28-23)12-20-18-7-3-2-6-15(18)13-25-20/h2-3,6-7,10-12H,1,4-5,8-9,13-14H2/b21-12-. The normalized spacial score (nSPS) is 20.1. The van der Waals surface area contributed by atoms with Crippen LogP contribution in [0.3, 0.4) is 0 Å². The van der Waals surface area contributed by atoms with Gasteiger partial charge in [-0.2, -0.15) is 0 Å². The second-order valence-electron chi connectivity index (χ2n) is 7.58. The van der Waals surface area contributed by atoms with Gasteiger partial charge >= 0.3 is 0 Å². The predicted molar refractivity (Wildman–Crippen MR) is 110 cm³/mol. The zero-order chi connectivity index (χ0) is 19.1. The molecule has 5 rings (SSSR count). The molecule has 5 heteroatoms. The van der Waals surface area contributed by atoms with Crippen LogP contribution in [0.15, 0.2) is 53.2 Å². The van der Waals surface area contributed by atoms with E-state index in [1.807, 2.05) is 24.3 Å². The van der Waals surface area contributed by atoms with E-state index in [1.54, 1.807) is 12.1 Å². The lowest BCUT2D eigenvalue weighted by molar-refractivity contribution is 0.101. The second-order valence-corrected chi connectivity index (χ2v) is 8.01. The van der Waals surface area contributed by atoms with E-state index in [0.29, 0.717) is 28.6 Å². The maximum atomic E-state index is 13.0. The van der Waals surface area contributed by atoms with E-state index in [9.17, 15) is 4.79 Å². The van der Waals surface area contributed by atoms with Crippen LogP contribution < -0.4 is 4.74 Å².